The van der Waals surface area contributed by atoms with Gasteiger partial charge in [-0.15, -0.1) is 0 Å². The van der Waals surface area contributed by atoms with Crippen LogP contribution < -0.4 is 10.6 Å². The van der Waals surface area contributed by atoms with E-state index in [4.69, 9.17) is 11.6 Å². The van der Waals surface area contributed by atoms with E-state index in [1.165, 1.54) is 0 Å². The number of rotatable bonds is 2. The molecule has 1 saturated heterocycles. The molecule has 5 nitrogen and oxygen atoms in total. The van der Waals surface area contributed by atoms with E-state index >= 15 is 0 Å². The molecule has 1 aromatic rings. The molecule has 6 heteroatoms. The summed E-state index contributed by atoms with van der Waals surface area (Å²) < 4.78 is 0. The Bertz CT molecular complexity index is 522. The lowest BCUT2D eigenvalue weighted by atomic mass is 9.75. The van der Waals surface area contributed by atoms with E-state index in [1.807, 2.05) is 0 Å². The zero-order valence-electron chi connectivity index (χ0n) is 9.62. The minimum atomic E-state index is -1.45. The average molecular weight is 267 g/mol. The van der Waals surface area contributed by atoms with Crippen LogP contribution in [0, 0.1) is 0 Å². The average Bonchev–Trinajstić information content (AvgIpc) is 2.31. The van der Waals surface area contributed by atoms with Crippen molar-refractivity contribution in [3.8, 4) is 0 Å². The number of urea groups is 1. The molecular formula is C12H11ClN2O3. The third-order valence-corrected chi connectivity index (χ3v) is 3.42. The van der Waals surface area contributed by atoms with Gasteiger partial charge in [0, 0.05) is 5.02 Å². The lowest BCUT2D eigenvalue weighted by Crippen LogP contribution is -2.64. The second kappa shape index (κ2) is 4.42. The summed E-state index contributed by atoms with van der Waals surface area (Å²) in [6.45, 7) is 1.69. The first-order valence-corrected chi connectivity index (χ1v) is 5.82. The van der Waals surface area contributed by atoms with Gasteiger partial charge in [0.1, 0.15) is 0 Å². The maximum atomic E-state index is 12.1. The number of halogens is 1. The van der Waals surface area contributed by atoms with Crippen LogP contribution in [0.1, 0.15) is 18.9 Å². The molecule has 2 N–H and O–H groups in total. The molecule has 0 atom stereocenters. The molecule has 1 fully saturated rings. The Kier molecular flexibility index (Phi) is 3.09. The van der Waals surface area contributed by atoms with Crippen molar-refractivity contribution < 1.29 is 14.4 Å². The highest BCUT2D eigenvalue weighted by molar-refractivity contribution is 6.33. The van der Waals surface area contributed by atoms with E-state index < -0.39 is 23.3 Å². The molecular weight excluding hydrogens is 256 g/mol. The molecule has 0 unspecified atom stereocenters. The van der Waals surface area contributed by atoms with Crippen LogP contribution in [-0.4, -0.2) is 17.8 Å². The molecule has 2 rings (SSSR count). The van der Waals surface area contributed by atoms with Gasteiger partial charge in [0.05, 0.1) is 0 Å². The minimum absolute atomic E-state index is 0.210. The molecule has 0 aromatic heterocycles. The lowest BCUT2D eigenvalue weighted by Gasteiger charge is -2.33. The van der Waals surface area contributed by atoms with Crippen molar-refractivity contribution in [2.24, 2.45) is 0 Å². The molecule has 0 bridgehead atoms. The molecule has 1 aliphatic heterocycles. The molecule has 18 heavy (non-hydrogen) atoms. The van der Waals surface area contributed by atoms with Gasteiger partial charge in [-0.3, -0.25) is 20.2 Å². The summed E-state index contributed by atoms with van der Waals surface area (Å²) >= 11 is 6.05. The van der Waals surface area contributed by atoms with Crippen molar-refractivity contribution in [1.82, 2.24) is 10.6 Å². The van der Waals surface area contributed by atoms with Crippen molar-refractivity contribution in [2.45, 2.75) is 18.8 Å². The Balaban J connectivity index is 2.61. The second-order valence-corrected chi connectivity index (χ2v) is 4.38. The largest absolute Gasteiger partial charge is 0.328 e. The molecule has 0 spiro atoms. The number of carbonyl (C=O) groups is 3. The van der Waals surface area contributed by atoms with Crippen molar-refractivity contribution >= 4 is 29.4 Å². The predicted octanol–water partition coefficient (Wildman–Crippen LogP) is 1.35. The van der Waals surface area contributed by atoms with Crippen LogP contribution in [0.5, 0.6) is 0 Å². The zero-order chi connectivity index (χ0) is 13.3. The molecule has 1 aromatic carbocycles. The van der Waals surface area contributed by atoms with Gasteiger partial charge >= 0.3 is 6.03 Å². The number of carbonyl (C=O) groups excluding carboxylic acids is 3. The summed E-state index contributed by atoms with van der Waals surface area (Å²) in [7, 11) is 0. The fraction of sp³-hybridized carbons (Fsp3) is 0.250. The number of nitrogens with one attached hydrogen (secondary N) is 2. The SMILES string of the molecule is CCC1(c2ccccc2Cl)C(=O)NC(=O)NC1=O. The van der Waals surface area contributed by atoms with Crippen LogP contribution in [-0.2, 0) is 15.0 Å². The minimum Gasteiger partial charge on any atom is -0.277 e. The van der Waals surface area contributed by atoms with Crippen LogP contribution >= 0.6 is 11.6 Å². The van der Waals surface area contributed by atoms with Crippen molar-refractivity contribution in [1.29, 1.82) is 0 Å². The summed E-state index contributed by atoms with van der Waals surface area (Å²) in [6, 6.07) is 5.81. The van der Waals surface area contributed by atoms with Gasteiger partial charge in [-0.05, 0) is 18.1 Å². The highest BCUT2D eigenvalue weighted by Gasteiger charge is 2.51. The fourth-order valence-electron chi connectivity index (χ4n) is 2.12. The van der Waals surface area contributed by atoms with Crippen molar-refractivity contribution in [3.05, 3.63) is 34.9 Å². The number of amides is 4. The number of imide groups is 2. The van der Waals surface area contributed by atoms with Gasteiger partial charge in [0.2, 0.25) is 11.8 Å². The van der Waals surface area contributed by atoms with Crippen LogP contribution in [0.4, 0.5) is 4.79 Å². The molecule has 0 saturated carbocycles. The molecule has 0 radical (unpaired) electrons. The maximum absolute atomic E-state index is 12.1. The topological polar surface area (TPSA) is 75.3 Å². The third-order valence-electron chi connectivity index (χ3n) is 3.09. The molecule has 94 valence electrons. The number of hydrogen-bond acceptors (Lipinski definition) is 3. The van der Waals surface area contributed by atoms with Gasteiger partial charge in [-0.2, -0.15) is 0 Å². The van der Waals surface area contributed by atoms with E-state index in [0.717, 1.165) is 0 Å². The van der Waals surface area contributed by atoms with Gasteiger partial charge < -0.3 is 0 Å². The maximum Gasteiger partial charge on any atom is 0.328 e. The molecule has 1 heterocycles. The predicted molar refractivity (Wildman–Crippen MR) is 65.1 cm³/mol. The van der Waals surface area contributed by atoms with Gasteiger partial charge in [-0.25, -0.2) is 4.79 Å². The number of barbiturate groups is 1. The first-order valence-electron chi connectivity index (χ1n) is 5.44. The lowest BCUT2D eigenvalue weighted by molar-refractivity contribution is -0.138. The summed E-state index contributed by atoms with van der Waals surface area (Å²) in [6.07, 6.45) is 0.210. The fourth-order valence-corrected chi connectivity index (χ4v) is 2.41. The van der Waals surface area contributed by atoms with Crippen LogP contribution in [0.25, 0.3) is 0 Å². The quantitative estimate of drug-likeness (QED) is 0.794. The highest BCUT2D eigenvalue weighted by Crippen LogP contribution is 2.35. The summed E-state index contributed by atoms with van der Waals surface area (Å²) in [5.74, 6) is -1.29. The van der Waals surface area contributed by atoms with Crippen molar-refractivity contribution in [3.63, 3.8) is 0 Å². The zero-order valence-corrected chi connectivity index (χ0v) is 10.4. The summed E-state index contributed by atoms with van der Waals surface area (Å²) in [5, 5.41) is 4.54. The Hall–Kier alpha value is -1.88. The molecule has 1 aliphatic rings. The Morgan fingerprint density at radius 1 is 1.11 bits per heavy atom. The Labute approximate surface area is 109 Å². The smallest absolute Gasteiger partial charge is 0.277 e. The number of hydrogen-bond donors (Lipinski definition) is 2. The monoisotopic (exact) mass is 266 g/mol. The summed E-state index contributed by atoms with van der Waals surface area (Å²) in [5.41, 5.74) is -1.05. The van der Waals surface area contributed by atoms with Gasteiger partial charge in [-0.1, -0.05) is 36.7 Å². The molecule has 4 amide bonds. The standard InChI is InChI=1S/C12H11ClN2O3/c1-2-12(7-5-3-4-6-8(7)13)9(16)14-11(18)15-10(12)17/h3-6H,2H2,1H3,(H2,14,15,16,17,18). The van der Waals surface area contributed by atoms with Crippen LogP contribution in [0.2, 0.25) is 5.02 Å². The van der Waals surface area contributed by atoms with Crippen molar-refractivity contribution in [2.75, 3.05) is 0 Å². The third kappa shape index (κ3) is 1.67. The second-order valence-electron chi connectivity index (χ2n) is 3.98. The van der Waals surface area contributed by atoms with Crippen LogP contribution in [0.3, 0.4) is 0 Å². The normalized spacial score (nSPS) is 18.2. The van der Waals surface area contributed by atoms with E-state index in [-0.39, 0.29) is 6.42 Å². The van der Waals surface area contributed by atoms with Gasteiger partial charge in [0.15, 0.2) is 5.41 Å². The Morgan fingerprint density at radius 3 is 2.17 bits per heavy atom. The number of benzene rings is 1. The first-order chi connectivity index (χ1) is 8.52. The van der Waals surface area contributed by atoms with E-state index in [1.54, 1.807) is 31.2 Å². The van der Waals surface area contributed by atoms with Gasteiger partial charge in [0.25, 0.3) is 0 Å². The van der Waals surface area contributed by atoms with E-state index in [0.29, 0.717) is 10.6 Å². The summed E-state index contributed by atoms with van der Waals surface area (Å²) in [4.78, 5) is 35.2. The van der Waals surface area contributed by atoms with E-state index in [2.05, 4.69) is 10.6 Å². The first kappa shape index (κ1) is 12.6. The Morgan fingerprint density at radius 2 is 1.67 bits per heavy atom. The highest BCUT2D eigenvalue weighted by atomic mass is 35.5. The molecule has 0 aliphatic carbocycles. The van der Waals surface area contributed by atoms with Crippen LogP contribution in [0.15, 0.2) is 24.3 Å². The van der Waals surface area contributed by atoms with E-state index in [9.17, 15) is 14.4 Å².